The highest BCUT2D eigenvalue weighted by molar-refractivity contribution is 5.33. The number of rotatable bonds is 2. The van der Waals surface area contributed by atoms with Crippen molar-refractivity contribution >= 4 is 0 Å². The van der Waals surface area contributed by atoms with Crippen LogP contribution in [-0.4, -0.2) is 5.11 Å². The third-order valence-electron chi connectivity index (χ3n) is 3.19. The van der Waals surface area contributed by atoms with E-state index in [1.165, 1.54) is 6.07 Å². The lowest BCUT2D eigenvalue weighted by molar-refractivity contribution is 0.0321. The third kappa shape index (κ3) is 1.44. The van der Waals surface area contributed by atoms with Gasteiger partial charge in [0.1, 0.15) is 5.82 Å². The topological polar surface area (TPSA) is 20.2 Å². The van der Waals surface area contributed by atoms with Crippen molar-refractivity contribution in [2.75, 3.05) is 0 Å². The van der Waals surface area contributed by atoms with Gasteiger partial charge in [0.2, 0.25) is 0 Å². The van der Waals surface area contributed by atoms with E-state index in [-0.39, 0.29) is 5.82 Å². The Labute approximate surface area is 83.6 Å². The molecule has 1 saturated carbocycles. The fourth-order valence-electron chi connectivity index (χ4n) is 2.02. The van der Waals surface area contributed by atoms with E-state index >= 15 is 0 Å². The molecule has 14 heavy (non-hydrogen) atoms. The molecular formula is C12H15FO. The molecule has 0 spiro atoms. The van der Waals surface area contributed by atoms with Gasteiger partial charge in [-0.3, -0.25) is 0 Å². The zero-order valence-corrected chi connectivity index (χ0v) is 8.55. The molecular weight excluding hydrogens is 179 g/mol. The first-order valence-corrected chi connectivity index (χ1v) is 5.01. The molecule has 1 aliphatic rings. The molecule has 0 aromatic heterocycles. The Morgan fingerprint density at radius 2 is 2.07 bits per heavy atom. The van der Waals surface area contributed by atoms with Crippen molar-refractivity contribution in [2.24, 2.45) is 5.92 Å². The van der Waals surface area contributed by atoms with Crippen LogP contribution in [-0.2, 0) is 5.60 Å². The van der Waals surface area contributed by atoms with Gasteiger partial charge in [-0.15, -0.1) is 0 Å². The summed E-state index contributed by atoms with van der Waals surface area (Å²) in [7, 11) is 0. The monoisotopic (exact) mass is 194 g/mol. The molecule has 0 heterocycles. The van der Waals surface area contributed by atoms with Crippen LogP contribution in [0.4, 0.5) is 4.39 Å². The van der Waals surface area contributed by atoms with Gasteiger partial charge in [-0.05, 0) is 49.8 Å². The first-order valence-electron chi connectivity index (χ1n) is 5.01. The van der Waals surface area contributed by atoms with Crippen LogP contribution in [0, 0.1) is 18.7 Å². The van der Waals surface area contributed by atoms with Crippen molar-refractivity contribution in [1.29, 1.82) is 0 Å². The molecule has 1 aliphatic carbocycles. The van der Waals surface area contributed by atoms with Crippen LogP contribution in [0.15, 0.2) is 18.2 Å². The minimum absolute atomic E-state index is 0.233. The second-order valence-electron chi connectivity index (χ2n) is 4.33. The molecule has 1 nitrogen and oxygen atoms in total. The van der Waals surface area contributed by atoms with Crippen LogP contribution < -0.4 is 0 Å². The highest BCUT2D eigenvalue weighted by atomic mass is 19.1. The summed E-state index contributed by atoms with van der Waals surface area (Å²) in [5.41, 5.74) is 0.455. The molecule has 1 aromatic rings. The number of hydrogen-bond acceptors (Lipinski definition) is 1. The second kappa shape index (κ2) is 3.06. The van der Waals surface area contributed by atoms with Gasteiger partial charge in [0.25, 0.3) is 0 Å². The van der Waals surface area contributed by atoms with Crippen LogP contribution in [0.3, 0.4) is 0 Å². The fourth-order valence-corrected chi connectivity index (χ4v) is 2.02. The van der Waals surface area contributed by atoms with E-state index in [2.05, 4.69) is 0 Å². The lowest BCUT2D eigenvalue weighted by Crippen LogP contribution is -2.25. The maximum absolute atomic E-state index is 13.3. The smallest absolute Gasteiger partial charge is 0.126 e. The summed E-state index contributed by atoms with van der Waals surface area (Å²) in [6.45, 7) is 3.51. The summed E-state index contributed by atoms with van der Waals surface area (Å²) in [4.78, 5) is 0. The quantitative estimate of drug-likeness (QED) is 0.767. The van der Waals surface area contributed by atoms with Gasteiger partial charge in [0.15, 0.2) is 0 Å². The van der Waals surface area contributed by atoms with Gasteiger partial charge in [-0.2, -0.15) is 0 Å². The molecule has 2 heteroatoms. The Morgan fingerprint density at radius 3 is 2.64 bits per heavy atom. The molecule has 1 aromatic carbocycles. The number of hydrogen-bond donors (Lipinski definition) is 1. The minimum Gasteiger partial charge on any atom is -0.385 e. The van der Waals surface area contributed by atoms with Gasteiger partial charge in [0.05, 0.1) is 5.60 Å². The normalized spacial score (nSPS) is 20.6. The van der Waals surface area contributed by atoms with Crippen LogP contribution in [0.2, 0.25) is 0 Å². The van der Waals surface area contributed by atoms with E-state index in [9.17, 15) is 9.50 Å². The Hall–Kier alpha value is -0.890. The molecule has 76 valence electrons. The van der Waals surface area contributed by atoms with Crippen molar-refractivity contribution < 1.29 is 9.50 Å². The minimum atomic E-state index is -0.855. The van der Waals surface area contributed by atoms with Crippen LogP contribution in [0.5, 0.6) is 0 Å². The molecule has 1 fully saturated rings. The van der Waals surface area contributed by atoms with Gasteiger partial charge in [-0.1, -0.05) is 12.1 Å². The SMILES string of the molecule is Cc1c(F)cccc1C(C)(O)C1CC1. The van der Waals surface area contributed by atoms with Gasteiger partial charge >= 0.3 is 0 Å². The first kappa shape index (κ1) is 9.66. The molecule has 0 aliphatic heterocycles. The predicted octanol–water partition coefficient (Wildman–Crippen LogP) is 2.75. The van der Waals surface area contributed by atoms with Crippen LogP contribution in [0.1, 0.15) is 30.9 Å². The Bertz CT molecular complexity index is 353. The number of halogens is 1. The summed E-state index contributed by atoms with van der Waals surface area (Å²) in [5, 5.41) is 10.3. The van der Waals surface area contributed by atoms with E-state index in [1.54, 1.807) is 19.9 Å². The van der Waals surface area contributed by atoms with E-state index in [4.69, 9.17) is 0 Å². The summed E-state index contributed by atoms with van der Waals surface area (Å²) >= 11 is 0. The third-order valence-corrected chi connectivity index (χ3v) is 3.19. The summed E-state index contributed by atoms with van der Waals surface area (Å²) in [6, 6.07) is 4.91. The van der Waals surface area contributed by atoms with Crippen LogP contribution >= 0.6 is 0 Å². The maximum Gasteiger partial charge on any atom is 0.126 e. The van der Waals surface area contributed by atoms with Crippen molar-refractivity contribution in [2.45, 2.75) is 32.3 Å². The molecule has 0 bridgehead atoms. The van der Waals surface area contributed by atoms with Crippen molar-refractivity contribution in [3.8, 4) is 0 Å². The average Bonchev–Trinajstić information content (AvgIpc) is 2.92. The zero-order valence-electron chi connectivity index (χ0n) is 8.55. The Kier molecular flexibility index (Phi) is 2.11. The summed E-state index contributed by atoms with van der Waals surface area (Å²) in [6.07, 6.45) is 2.09. The second-order valence-corrected chi connectivity index (χ2v) is 4.33. The highest BCUT2D eigenvalue weighted by Gasteiger charge is 2.42. The first-order chi connectivity index (χ1) is 6.53. The largest absolute Gasteiger partial charge is 0.385 e. The summed E-state index contributed by atoms with van der Waals surface area (Å²) < 4.78 is 13.3. The highest BCUT2D eigenvalue weighted by Crippen LogP contribution is 2.46. The van der Waals surface area contributed by atoms with E-state index < -0.39 is 5.60 Å². The molecule has 1 unspecified atom stereocenters. The molecule has 1 atom stereocenters. The lowest BCUT2D eigenvalue weighted by Gasteiger charge is -2.25. The van der Waals surface area contributed by atoms with Crippen molar-refractivity contribution in [3.05, 3.63) is 35.1 Å². The Balaban J connectivity index is 2.44. The van der Waals surface area contributed by atoms with Gasteiger partial charge in [-0.25, -0.2) is 4.39 Å². The van der Waals surface area contributed by atoms with E-state index in [0.29, 0.717) is 11.5 Å². The van der Waals surface area contributed by atoms with E-state index in [0.717, 1.165) is 18.4 Å². The predicted molar refractivity (Wildman–Crippen MR) is 53.4 cm³/mol. The number of benzene rings is 1. The standard InChI is InChI=1S/C12H15FO/c1-8-10(4-3-5-11(8)13)12(2,14)9-6-7-9/h3-5,9,14H,6-7H2,1-2H3. The molecule has 0 radical (unpaired) electrons. The maximum atomic E-state index is 13.3. The summed E-state index contributed by atoms with van der Waals surface area (Å²) in [5.74, 6) is 0.0754. The van der Waals surface area contributed by atoms with Crippen molar-refractivity contribution in [1.82, 2.24) is 0 Å². The van der Waals surface area contributed by atoms with Crippen molar-refractivity contribution in [3.63, 3.8) is 0 Å². The van der Waals surface area contributed by atoms with Gasteiger partial charge < -0.3 is 5.11 Å². The van der Waals surface area contributed by atoms with E-state index in [1.807, 2.05) is 6.07 Å². The molecule has 0 amide bonds. The lowest BCUT2D eigenvalue weighted by atomic mass is 9.87. The fraction of sp³-hybridized carbons (Fsp3) is 0.500. The molecule has 0 saturated heterocycles. The molecule has 1 N–H and O–H groups in total. The zero-order chi connectivity index (χ0) is 10.3. The average molecular weight is 194 g/mol. The van der Waals surface area contributed by atoms with Crippen LogP contribution in [0.25, 0.3) is 0 Å². The molecule has 2 rings (SSSR count). The Morgan fingerprint density at radius 1 is 1.43 bits per heavy atom. The number of aliphatic hydroxyl groups is 1. The van der Waals surface area contributed by atoms with Gasteiger partial charge in [0, 0.05) is 0 Å².